The fourth-order valence-electron chi connectivity index (χ4n) is 0. The van der Waals surface area contributed by atoms with Crippen LogP contribution in [0.4, 0.5) is 0 Å². The Morgan fingerprint density at radius 2 is 1.00 bits per heavy atom. The van der Waals surface area contributed by atoms with E-state index in [1.54, 1.807) is 0 Å². The van der Waals surface area contributed by atoms with Crippen molar-refractivity contribution in [1.29, 1.82) is 0 Å². The van der Waals surface area contributed by atoms with Crippen molar-refractivity contribution < 1.29 is 30.4 Å². The van der Waals surface area contributed by atoms with E-state index in [2.05, 4.69) is 0 Å². The molecule has 2 nitrogen and oxygen atoms in total. The first-order chi connectivity index (χ1) is 0. The molecule has 0 aromatic heterocycles. The van der Waals surface area contributed by atoms with E-state index in [9.17, 15) is 0 Å². The predicted molar refractivity (Wildman–Crippen MR) is 8.38 cm³/mol. The first-order valence-corrected chi connectivity index (χ1v) is 0. The van der Waals surface area contributed by atoms with Crippen LogP contribution in [0.15, 0.2) is 0 Å². The summed E-state index contributed by atoms with van der Waals surface area (Å²) in [4.78, 5) is 0. The van der Waals surface area contributed by atoms with Gasteiger partial charge in [-0.15, -0.1) is 0 Å². The smallest absolute Gasteiger partial charge is 2.00 e. The summed E-state index contributed by atoms with van der Waals surface area (Å²) in [5.74, 6) is 0. The van der Waals surface area contributed by atoms with Crippen LogP contribution in [0.1, 0.15) is 0 Å². The second kappa shape index (κ2) is 25.7. The molecule has 0 radical (unpaired) electrons. The van der Waals surface area contributed by atoms with E-state index < -0.39 is 0 Å². The monoisotopic (exact) mass is 212 g/mol. The topological polar surface area (TPSA) is 58.5 Å². The summed E-state index contributed by atoms with van der Waals surface area (Å²) >= 11 is 0. The van der Waals surface area contributed by atoms with Crippen LogP contribution >= 0.6 is 0 Å². The van der Waals surface area contributed by atoms with Gasteiger partial charge >= 0.3 is 25.8 Å². The molecule has 0 aromatic rings. The van der Waals surface area contributed by atoms with Gasteiger partial charge in [0.15, 0.2) is 0 Å². The van der Waals surface area contributed by atoms with Crippen LogP contribution in [0.25, 0.3) is 0 Å². The maximum Gasteiger partial charge on any atom is 3.00 e. The fraction of sp³-hybridized carbons (Fsp3) is 0. The standard InChI is InChI=1S/In.H2O.O.Zn/h;1H2;;/q+3;;-2;/p-1. The van der Waals surface area contributed by atoms with Crippen molar-refractivity contribution in [2.45, 2.75) is 0 Å². The second-order valence-electron chi connectivity index (χ2n) is 0. The van der Waals surface area contributed by atoms with Gasteiger partial charge in [0.1, 0.15) is 0 Å². The number of hydrogen-bond acceptors (Lipinski definition) is 1. The van der Waals surface area contributed by atoms with E-state index in [-0.39, 0.29) is 56.3 Å². The Hall–Kier alpha value is 1.41. The summed E-state index contributed by atoms with van der Waals surface area (Å²) in [6.07, 6.45) is 0. The predicted octanol–water partition coefficient (Wildman–Crippen LogP) is -0.679. The molecule has 0 heterocycles. The molecule has 4 heteroatoms. The summed E-state index contributed by atoms with van der Waals surface area (Å²) in [6.45, 7) is 0. The van der Waals surface area contributed by atoms with Crippen molar-refractivity contribution >= 4 is 25.8 Å². The Labute approximate surface area is 56.1 Å². The van der Waals surface area contributed by atoms with Crippen LogP contribution in [0.2, 0.25) is 0 Å². The van der Waals surface area contributed by atoms with Crippen molar-refractivity contribution in [3.63, 3.8) is 0 Å². The van der Waals surface area contributed by atoms with Crippen molar-refractivity contribution in [2.24, 2.45) is 0 Å². The molecule has 0 amide bonds. The van der Waals surface area contributed by atoms with Crippen LogP contribution in [0, 0.1) is 0 Å². The molecule has 0 bridgehead atoms. The zero-order chi connectivity index (χ0) is 0. The Bertz CT molecular complexity index is 6.00. The van der Waals surface area contributed by atoms with Crippen molar-refractivity contribution in [3.8, 4) is 0 Å². The van der Waals surface area contributed by atoms with Gasteiger partial charge in [0.25, 0.3) is 0 Å². The third-order valence-corrected chi connectivity index (χ3v) is 0. The molecule has 0 aliphatic rings. The summed E-state index contributed by atoms with van der Waals surface area (Å²) in [6, 6.07) is 0. The normalized spacial score (nSPS) is 0. The molecule has 0 atom stereocenters. The summed E-state index contributed by atoms with van der Waals surface area (Å²) in [5, 5.41) is 0. The van der Waals surface area contributed by atoms with Crippen LogP contribution in [0.5, 0.6) is 0 Å². The molecule has 0 saturated carbocycles. The summed E-state index contributed by atoms with van der Waals surface area (Å²) in [7, 11) is 0. The zero-order valence-corrected chi connectivity index (χ0v) is 8.40. The molecule has 1 N–H and O–H groups in total. The molecule has 0 aromatic carbocycles. The molecule has 0 unspecified atom stereocenters. The molecule has 0 rings (SSSR count). The van der Waals surface area contributed by atoms with Crippen LogP contribution < -0.4 is 0 Å². The second-order valence-corrected chi connectivity index (χ2v) is 0. The van der Waals surface area contributed by atoms with Gasteiger partial charge in [0.05, 0.1) is 0 Å². The minimum Gasteiger partial charge on any atom is -2.00 e. The summed E-state index contributed by atoms with van der Waals surface area (Å²) < 4.78 is 0. The Balaban J connectivity index is 0. The van der Waals surface area contributed by atoms with Gasteiger partial charge in [-0.05, 0) is 0 Å². The Morgan fingerprint density at radius 1 is 1.00 bits per heavy atom. The average Bonchev–Trinajstić information content (AvgIpc) is 0. The minimum atomic E-state index is 0. The van der Waals surface area contributed by atoms with Gasteiger partial charge in [-0.2, -0.15) is 0 Å². The minimum absolute atomic E-state index is 0. The van der Waals surface area contributed by atoms with Crippen LogP contribution in [-0.4, -0.2) is 31.3 Å². The molecular weight excluding hydrogens is 212 g/mol. The van der Waals surface area contributed by atoms with E-state index in [1.807, 2.05) is 0 Å². The van der Waals surface area contributed by atoms with Gasteiger partial charge < -0.3 is 11.0 Å². The van der Waals surface area contributed by atoms with Gasteiger partial charge in [0, 0.05) is 19.5 Å². The van der Waals surface area contributed by atoms with Gasteiger partial charge in [-0.1, -0.05) is 0 Å². The van der Waals surface area contributed by atoms with E-state index in [0.717, 1.165) is 0 Å². The third kappa shape index (κ3) is 9.95. The molecule has 0 fully saturated rings. The van der Waals surface area contributed by atoms with Crippen molar-refractivity contribution in [2.75, 3.05) is 0 Å². The van der Waals surface area contributed by atoms with Gasteiger partial charge in [-0.3, -0.25) is 0 Å². The quantitative estimate of drug-likeness (QED) is 0.492. The average molecular weight is 213 g/mol. The molecule has 18 valence electrons. The summed E-state index contributed by atoms with van der Waals surface area (Å²) in [5.41, 5.74) is 0. The van der Waals surface area contributed by atoms with E-state index in [1.165, 1.54) is 0 Å². The van der Waals surface area contributed by atoms with E-state index in [4.69, 9.17) is 0 Å². The zero-order valence-electron chi connectivity index (χ0n) is 2.14. The first-order valence-electron chi connectivity index (χ1n) is 0. The van der Waals surface area contributed by atoms with Gasteiger partial charge in [0.2, 0.25) is 0 Å². The number of rotatable bonds is 0. The third-order valence-electron chi connectivity index (χ3n) is 0. The molecule has 0 aliphatic heterocycles. The van der Waals surface area contributed by atoms with Crippen LogP contribution in [-0.2, 0) is 25.0 Å². The maximum absolute atomic E-state index is 0. The molecule has 0 spiro atoms. The SMILES string of the molecule is [In+3].[O-2].[OH-].[Zn]. The Morgan fingerprint density at radius 3 is 1.00 bits per heavy atom. The molecule has 4 heavy (non-hydrogen) atoms. The molecular formula is HInO2Zn. The largest absolute Gasteiger partial charge is 3.00 e. The Kier molecular flexibility index (Phi) is 340. The van der Waals surface area contributed by atoms with E-state index >= 15 is 0 Å². The van der Waals surface area contributed by atoms with Crippen molar-refractivity contribution in [3.05, 3.63) is 0 Å². The molecule has 0 aliphatic carbocycles. The fourth-order valence-corrected chi connectivity index (χ4v) is 0. The van der Waals surface area contributed by atoms with Gasteiger partial charge in [-0.25, -0.2) is 0 Å². The molecule has 0 saturated heterocycles. The number of hydrogen-bond donors (Lipinski definition) is 0. The van der Waals surface area contributed by atoms with Crippen LogP contribution in [0.3, 0.4) is 0 Å². The van der Waals surface area contributed by atoms with E-state index in [0.29, 0.717) is 0 Å². The maximum atomic E-state index is 0. The van der Waals surface area contributed by atoms with Crippen molar-refractivity contribution in [1.82, 2.24) is 0 Å². The first kappa shape index (κ1) is 52.8.